The largest absolute Gasteiger partial charge is 0.511 e. The molecule has 110 valence electrons. The van der Waals surface area contributed by atoms with E-state index in [9.17, 15) is 4.79 Å². The molecule has 1 heterocycles. The van der Waals surface area contributed by atoms with Crippen LogP contribution in [0.4, 0.5) is 4.79 Å². The number of rotatable bonds is 2. The number of pyridine rings is 1. The van der Waals surface area contributed by atoms with Crippen molar-refractivity contribution in [1.29, 1.82) is 0 Å². The molecule has 0 aliphatic rings. The van der Waals surface area contributed by atoms with E-state index in [1.54, 1.807) is 12.1 Å². The zero-order valence-corrected chi connectivity index (χ0v) is 12.5. The lowest BCUT2D eigenvalue weighted by atomic mass is 10.00. The van der Waals surface area contributed by atoms with Gasteiger partial charge in [-0.2, -0.15) is 0 Å². The molecule has 0 atom stereocenters. The van der Waals surface area contributed by atoms with Crippen molar-refractivity contribution in [2.24, 2.45) is 0 Å². The van der Waals surface area contributed by atoms with E-state index in [1.807, 2.05) is 43.3 Å². The Balaban J connectivity index is 2.35. The summed E-state index contributed by atoms with van der Waals surface area (Å²) in [7, 11) is 0. The number of aryl methyl sites for hydroxylation is 1. The Kier molecular flexibility index (Phi) is 3.69. The van der Waals surface area contributed by atoms with Crippen LogP contribution >= 0.6 is 11.6 Å². The van der Waals surface area contributed by atoms with Crippen molar-refractivity contribution in [2.75, 3.05) is 0 Å². The van der Waals surface area contributed by atoms with Crippen LogP contribution in [-0.2, 0) is 0 Å². The maximum absolute atomic E-state index is 10.9. The standard InChI is InChI=1S/C17H12ClNO3/c1-10-6-2-3-7-11(10)14-12-8-4-5-9-13(12)15(16(18)19-14)22-17(20)21/h2-9H,1H3,(H,20,21). The third-order valence-electron chi connectivity index (χ3n) is 3.41. The fourth-order valence-electron chi connectivity index (χ4n) is 2.44. The molecule has 1 aromatic heterocycles. The van der Waals surface area contributed by atoms with Crippen molar-refractivity contribution in [1.82, 2.24) is 4.98 Å². The Morgan fingerprint density at radius 2 is 1.73 bits per heavy atom. The molecular weight excluding hydrogens is 302 g/mol. The predicted octanol–water partition coefficient (Wildman–Crippen LogP) is 4.92. The van der Waals surface area contributed by atoms with Gasteiger partial charge in [0.15, 0.2) is 10.9 Å². The molecule has 22 heavy (non-hydrogen) atoms. The quantitative estimate of drug-likeness (QED) is 0.539. The Morgan fingerprint density at radius 3 is 2.41 bits per heavy atom. The lowest BCUT2D eigenvalue weighted by Crippen LogP contribution is -2.05. The van der Waals surface area contributed by atoms with Gasteiger partial charge in [0, 0.05) is 16.3 Å². The first-order valence-electron chi connectivity index (χ1n) is 6.63. The molecule has 0 bridgehead atoms. The summed E-state index contributed by atoms with van der Waals surface area (Å²) < 4.78 is 4.80. The number of benzene rings is 2. The fraction of sp³-hybridized carbons (Fsp3) is 0.0588. The lowest BCUT2D eigenvalue weighted by Gasteiger charge is -2.12. The molecule has 3 rings (SSSR count). The minimum absolute atomic E-state index is 0.0272. The van der Waals surface area contributed by atoms with Gasteiger partial charge < -0.3 is 9.84 Å². The van der Waals surface area contributed by atoms with Crippen LogP contribution < -0.4 is 4.74 Å². The highest BCUT2D eigenvalue weighted by Crippen LogP contribution is 2.38. The Morgan fingerprint density at radius 1 is 1.09 bits per heavy atom. The first-order valence-corrected chi connectivity index (χ1v) is 7.00. The number of hydrogen-bond acceptors (Lipinski definition) is 3. The molecule has 1 N–H and O–H groups in total. The second kappa shape index (κ2) is 5.66. The molecule has 0 aliphatic carbocycles. The van der Waals surface area contributed by atoms with Gasteiger partial charge in [-0.15, -0.1) is 0 Å². The molecule has 0 unspecified atom stereocenters. The molecule has 0 radical (unpaired) electrons. The van der Waals surface area contributed by atoms with Crippen LogP contribution in [0.25, 0.3) is 22.0 Å². The molecule has 0 amide bonds. The predicted molar refractivity (Wildman–Crippen MR) is 85.6 cm³/mol. The van der Waals surface area contributed by atoms with Crippen LogP contribution in [0.3, 0.4) is 0 Å². The number of nitrogens with zero attached hydrogens (tertiary/aromatic N) is 1. The van der Waals surface area contributed by atoms with Crippen molar-refractivity contribution >= 4 is 28.5 Å². The summed E-state index contributed by atoms with van der Waals surface area (Å²) in [5.41, 5.74) is 2.71. The summed E-state index contributed by atoms with van der Waals surface area (Å²) in [6, 6.07) is 15.1. The van der Waals surface area contributed by atoms with Crippen LogP contribution in [0.1, 0.15) is 5.56 Å². The number of hydrogen-bond donors (Lipinski definition) is 1. The van der Waals surface area contributed by atoms with Gasteiger partial charge in [0.1, 0.15) is 0 Å². The maximum Gasteiger partial charge on any atom is 0.511 e. The number of carbonyl (C=O) groups is 1. The van der Waals surface area contributed by atoms with E-state index < -0.39 is 6.16 Å². The van der Waals surface area contributed by atoms with Crippen LogP contribution in [-0.4, -0.2) is 16.2 Å². The van der Waals surface area contributed by atoms with E-state index in [0.29, 0.717) is 11.1 Å². The monoisotopic (exact) mass is 313 g/mol. The van der Waals surface area contributed by atoms with E-state index in [0.717, 1.165) is 16.5 Å². The molecule has 0 saturated carbocycles. The van der Waals surface area contributed by atoms with Crippen LogP contribution in [0, 0.1) is 6.92 Å². The smallest absolute Gasteiger partial charge is 0.449 e. The topological polar surface area (TPSA) is 59.4 Å². The number of aromatic nitrogens is 1. The van der Waals surface area contributed by atoms with Gasteiger partial charge in [-0.1, -0.05) is 60.1 Å². The van der Waals surface area contributed by atoms with Crippen molar-refractivity contribution in [2.45, 2.75) is 6.92 Å². The SMILES string of the molecule is Cc1ccccc1-c1nc(Cl)c(OC(=O)O)c2ccccc12. The molecule has 0 aliphatic heterocycles. The first-order chi connectivity index (χ1) is 10.6. The molecular formula is C17H12ClNO3. The fourth-order valence-corrected chi connectivity index (χ4v) is 2.66. The second-order valence-electron chi connectivity index (χ2n) is 4.81. The van der Waals surface area contributed by atoms with Crippen LogP contribution in [0.5, 0.6) is 5.75 Å². The summed E-state index contributed by atoms with van der Waals surface area (Å²) >= 11 is 6.16. The summed E-state index contributed by atoms with van der Waals surface area (Å²) in [4.78, 5) is 15.2. The highest BCUT2D eigenvalue weighted by Gasteiger charge is 2.17. The van der Waals surface area contributed by atoms with Crippen molar-refractivity contribution in [3.63, 3.8) is 0 Å². The van der Waals surface area contributed by atoms with E-state index in [4.69, 9.17) is 21.4 Å². The Labute approximate surface area is 131 Å². The second-order valence-corrected chi connectivity index (χ2v) is 5.17. The zero-order chi connectivity index (χ0) is 15.7. The van der Waals surface area contributed by atoms with Crippen LogP contribution in [0.15, 0.2) is 48.5 Å². The van der Waals surface area contributed by atoms with Crippen LogP contribution in [0.2, 0.25) is 5.15 Å². The molecule has 3 aromatic rings. The molecule has 5 heteroatoms. The van der Waals surface area contributed by atoms with E-state index in [-0.39, 0.29) is 10.9 Å². The van der Waals surface area contributed by atoms with Crippen molar-refractivity contribution in [3.05, 3.63) is 59.2 Å². The summed E-state index contributed by atoms with van der Waals surface area (Å²) in [5, 5.41) is 10.3. The Bertz CT molecular complexity index is 877. The highest BCUT2D eigenvalue weighted by atomic mass is 35.5. The van der Waals surface area contributed by atoms with Gasteiger partial charge in [0.25, 0.3) is 0 Å². The summed E-state index contributed by atoms with van der Waals surface area (Å²) in [6.45, 7) is 1.99. The lowest BCUT2D eigenvalue weighted by molar-refractivity contribution is 0.145. The first kappa shape index (κ1) is 14.4. The minimum atomic E-state index is -1.42. The number of ether oxygens (including phenoxy) is 1. The normalized spacial score (nSPS) is 10.6. The molecule has 0 fully saturated rings. The van der Waals surface area contributed by atoms with Crippen molar-refractivity contribution < 1.29 is 14.6 Å². The Hall–Kier alpha value is -2.59. The van der Waals surface area contributed by atoms with Gasteiger partial charge >= 0.3 is 6.16 Å². The summed E-state index contributed by atoms with van der Waals surface area (Å²) in [5.74, 6) is 0.0575. The zero-order valence-electron chi connectivity index (χ0n) is 11.7. The van der Waals surface area contributed by atoms with Gasteiger partial charge in [0.2, 0.25) is 0 Å². The van der Waals surface area contributed by atoms with Gasteiger partial charge in [-0.05, 0) is 12.5 Å². The molecule has 4 nitrogen and oxygen atoms in total. The molecule has 0 spiro atoms. The van der Waals surface area contributed by atoms with Gasteiger partial charge in [-0.25, -0.2) is 9.78 Å². The molecule has 2 aromatic carbocycles. The third kappa shape index (κ3) is 2.49. The van der Waals surface area contributed by atoms with E-state index in [1.165, 1.54) is 0 Å². The maximum atomic E-state index is 10.9. The minimum Gasteiger partial charge on any atom is -0.449 e. The van der Waals surface area contributed by atoms with Gasteiger partial charge in [-0.3, -0.25) is 0 Å². The van der Waals surface area contributed by atoms with E-state index >= 15 is 0 Å². The average Bonchev–Trinajstić information content (AvgIpc) is 2.50. The van der Waals surface area contributed by atoms with E-state index in [2.05, 4.69) is 4.98 Å². The number of halogens is 1. The molecule has 0 saturated heterocycles. The highest BCUT2D eigenvalue weighted by molar-refractivity contribution is 6.32. The third-order valence-corrected chi connectivity index (χ3v) is 3.67. The number of carboxylic acid groups (broad SMARTS) is 1. The van der Waals surface area contributed by atoms with Gasteiger partial charge in [0.05, 0.1) is 5.69 Å². The van der Waals surface area contributed by atoms with Crippen molar-refractivity contribution in [3.8, 4) is 17.0 Å². The average molecular weight is 314 g/mol. The number of fused-ring (bicyclic) bond motifs is 1. The summed E-state index contributed by atoms with van der Waals surface area (Å²) in [6.07, 6.45) is -1.42.